The molecule has 1 aromatic carbocycles. The first-order chi connectivity index (χ1) is 9.49. The number of rotatable bonds is 3. The molecule has 0 atom stereocenters. The highest BCUT2D eigenvalue weighted by molar-refractivity contribution is 9.10. The van der Waals surface area contributed by atoms with Crippen LogP contribution in [0.2, 0.25) is 0 Å². The van der Waals surface area contributed by atoms with Crippen LogP contribution in [-0.2, 0) is 7.05 Å². The zero-order valence-corrected chi connectivity index (χ0v) is 12.6. The summed E-state index contributed by atoms with van der Waals surface area (Å²) in [4.78, 5) is 23.6. The zero-order valence-electron chi connectivity index (χ0n) is 11.0. The predicted molar refractivity (Wildman–Crippen MR) is 80.3 cm³/mol. The second-order valence-corrected chi connectivity index (χ2v) is 5.11. The largest absolute Gasteiger partial charge is 0.497 e. The fourth-order valence-corrected chi connectivity index (χ4v) is 2.12. The van der Waals surface area contributed by atoms with Crippen molar-refractivity contribution in [2.75, 3.05) is 12.4 Å². The van der Waals surface area contributed by atoms with Crippen molar-refractivity contribution in [1.82, 2.24) is 4.57 Å². The topological polar surface area (TPSA) is 60.3 Å². The predicted octanol–water partition coefficient (Wildman–Crippen LogP) is 2.41. The van der Waals surface area contributed by atoms with Gasteiger partial charge in [-0.15, -0.1) is 0 Å². The molecule has 0 unspecified atom stereocenters. The van der Waals surface area contributed by atoms with Gasteiger partial charge in [-0.25, -0.2) is 0 Å². The lowest BCUT2D eigenvalue weighted by Gasteiger charge is -2.08. The van der Waals surface area contributed by atoms with Gasteiger partial charge in [0.05, 0.1) is 7.11 Å². The Morgan fingerprint density at radius 3 is 2.70 bits per heavy atom. The Morgan fingerprint density at radius 2 is 2.05 bits per heavy atom. The van der Waals surface area contributed by atoms with Crippen LogP contribution in [-0.4, -0.2) is 17.6 Å². The van der Waals surface area contributed by atoms with Crippen molar-refractivity contribution >= 4 is 27.5 Å². The number of aromatic nitrogens is 1. The Morgan fingerprint density at radius 1 is 1.30 bits per heavy atom. The van der Waals surface area contributed by atoms with E-state index in [-0.39, 0.29) is 11.5 Å². The normalized spacial score (nSPS) is 10.2. The molecule has 1 N–H and O–H groups in total. The van der Waals surface area contributed by atoms with Gasteiger partial charge < -0.3 is 14.6 Å². The van der Waals surface area contributed by atoms with Crippen LogP contribution in [0.15, 0.2) is 45.8 Å². The molecular weight excluding hydrogens is 324 g/mol. The van der Waals surface area contributed by atoms with Crippen LogP contribution >= 0.6 is 15.9 Å². The Hall–Kier alpha value is -2.08. The SMILES string of the molecule is COc1cc(Br)cc(NC(=O)c2ccn(C)c(=O)c2)c1. The molecule has 0 aliphatic rings. The Balaban J connectivity index is 2.25. The number of nitrogens with one attached hydrogen (secondary N) is 1. The van der Waals surface area contributed by atoms with E-state index in [1.165, 1.54) is 10.6 Å². The number of halogens is 1. The van der Waals surface area contributed by atoms with Gasteiger partial charge in [0, 0.05) is 41.1 Å². The third-order valence-corrected chi connectivity index (χ3v) is 3.19. The van der Waals surface area contributed by atoms with Gasteiger partial charge >= 0.3 is 0 Å². The second-order valence-electron chi connectivity index (χ2n) is 4.20. The van der Waals surface area contributed by atoms with E-state index < -0.39 is 0 Å². The standard InChI is InChI=1S/C14H13BrN2O3/c1-17-4-3-9(5-13(17)18)14(19)16-11-6-10(15)7-12(8-11)20-2/h3-8H,1-2H3,(H,16,19). The fourth-order valence-electron chi connectivity index (χ4n) is 1.65. The van der Waals surface area contributed by atoms with Crippen molar-refractivity contribution in [1.29, 1.82) is 0 Å². The van der Waals surface area contributed by atoms with Crippen LogP contribution in [0.4, 0.5) is 5.69 Å². The summed E-state index contributed by atoms with van der Waals surface area (Å²) < 4.78 is 7.31. The van der Waals surface area contributed by atoms with Crippen molar-refractivity contribution in [3.63, 3.8) is 0 Å². The van der Waals surface area contributed by atoms with E-state index in [2.05, 4.69) is 21.2 Å². The number of carbonyl (C=O) groups is 1. The molecule has 0 spiro atoms. The molecule has 2 rings (SSSR count). The summed E-state index contributed by atoms with van der Waals surface area (Å²) in [7, 11) is 3.18. The number of carbonyl (C=O) groups excluding carboxylic acids is 1. The lowest BCUT2D eigenvalue weighted by Crippen LogP contribution is -2.19. The van der Waals surface area contributed by atoms with Gasteiger partial charge in [0.1, 0.15) is 5.75 Å². The average Bonchev–Trinajstić information content (AvgIpc) is 2.41. The van der Waals surface area contributed by atoms with E-state index in [4.69, 9.17) is 4.74 Å². The maximum absolute atomic E-state index is 12.1. The lowest BCUT2D eigenvalue weighted by atomic mass is 10.2. The summed E-state index contributed by atoms with van der Waals surface area (Å²) in [5.74, 6) is 0.279. The van der Waals surface area contributed by atoms with E-state index in [0.717, 1.165) is 4.47 Å². The summed E-state index contributed by atoms with van der Waals surface area (Å²) in [5.41, 5.74) is 0.665. The van der Waals surface area contributed by atoms with Gasteiger partial charge in [0.2, 0.25) is 0 Å². The number of methoxy groups -OCH3 is 1. The van der Waals surface area contributed by atoms with Crippen molar-refractivity contribution in [2.24, 2.45) is 7.05 Å². The number of benzene rings is 1. The highest BCUT2D eigenvalue weighted by Crippen LogP contribution is 2.24. The van der Waals surface area contributed by atoms with Gasteiger partial charge in [0.25, 0.3) is 11.5 Å². The lowest BCUT2D eigenvalue weighted by molar-refractivity contribution is 0.102. The van der Waals surface area contributed by atoms with Crippen molar-refractivity contribution in [2.45, 2.75) is 0 Å². The van der Waals surface area contributed by atoms with Crippen LogP contribution in [0.1, 0.15) is 10.4 Å². The monoisotopic (exact) mass is 336 g/mol. The van der Waals surface area contributed by atoms with Crippen LogP contribution in [0.25, 0.3) is 0 Å². The van der Waals surface area contributed by atoms with Crippen LogP contribution in [0.3, 0.4) is 0 Å². The molecule has 6 heteroatoms. The molecule has 0 aliphatic heterocycles. The molecule has 5 nitrogen and oxygen atoms in total. The number of aryl methyl sites for hydroxylation is 1. The fraction of sp³-hybridized carbons (Fsp3) is 0.143. The summed E-state index contributed by atoms with van der Waals surface area (Å²) in [6.45, 7) is 0. The summed E-state index contributed by atoms with van der Waals surface area (Å²) in [5, 5.41) is 2.72. The molecule has 0 radical (unpaired) electrons. The third-order valence-electron chi connectivity index (χ3n) is 2.73. The first-order valence-electron chi connectivity index (χ1n) is 5.82. The number of hydrogen-bond acceptors (Lipinski definition) is 3. The third kappa shape index (κ3) is 3.27. The number of nitrogens with zero attached hydrogens (tertiary/aromatic N) is 1. The Kier molecular flexibility index (Phi) is 4.24. The quantitative estimate of drug-likeness (QED) is 0.936. The van der Waals surface area contributed by atoms with Gasteiger partial charge in [0.15, 0.2) is 0 Å². The maximum Gasteiger partial charge on any atom is 0.255 e. The van der Waals surface area contributed by atoms with E-state index in [1.807, 2.05) is 0 Å². The minimum atomic E-state index is -0.345. The van der Waals surface area contributed by atoms with E-state index in [0.29, 0.717) is 17.0 Å². The number of hydrogen-bond donors (Lipinski definition) is 1. The average molecular weight is 337 g/mol. The molecule has 0 fully saturated rings. The first-order valence-corrected chi connectivity index (χ1v) is 6.61. The molecule has 1 heterocycles. The van der Waals surface area contributed by atoms with Crippen LogP contribution in [0, 0.1) is 0 Å². The second kappa shape index (κ2) is 5.92. The Bertz CT molecular complexity index is 710. The highest BCUT2D eigenvalue weighted by atomic mass is 79.9. The van der Waals surface area contributed by atoms with Crippen LogP contribution in [0.5, 0.6) is 5.75 Å². The molecule has 2 aromatic rings. The highest BCUT2D eigenvalue weighted by Gasteiger charge is 2.08. The number of amides is 1. The van der Waals surface area contributed by atoms with E-state index >= 15 is 0 Å². The maximum atomic E-state index is 12.1. The number of anilines is 1. The molecule has 1 amide bonds. The molecule has 0 bridgehead atoms. The number of ether oxygens (including phenoxy) is 1. The minimum Gasteiger partial charge on any atom is -0.497 e. The molecule has 0 saturated carbocycles. The minimum absolute atomic E-state index is 0.232. The molecular formula is C14H13BrN2O3. The number of pyridine rings is 1. The smallest absolute Gasteiger partial charge is 0.255 e. The van der Waals surface area contributed by atoms with Crippen molar-refractivity contribution in [3.05, 3.63) is 56.9 Å². The van der Waals surface area contributed by atoms with Gasteiger partial charge in [-0.2, -0.15) is 0 Å². The molecule has 20 heavy (non-hydrogen) atoms. The van der Waals surface area contributed by atoms with Crippen molar-refractivity contribution < 1.29 is 9.53 Å². The molecule has 104 valence electrons. The van der Waals surface area contributed by atoms with Gasteiger partial charge in [-0.05, 0) is 18.2 Å². The summed E-state index contributed by atoms with van der Waals surface area (Å²) >= 11 is 3.34. The first kappa shape index (κ1) is 14.3. The zero-order chi connectivity index (χ0) is 14.7. The Labute approximate surface area is 124 Å². The van der Waals surface area contributed by atoms with E-state index in [1.54, 1.807) is 44.6 Å². The van der Waals surface area contributed by atoms with Gasteiger partial charge in [-0.1, -0.05) is 15.9 Å². The molecule has 0 aliphatic carbocycles. The molecule has 1 aromatic heterocycles. The molecule has 0 saturated heterocycles. The van der Waals surface area contributed by atoms with E-state index in [9.17, 15) is 9.59 Å². The van der Waals surface area contributed by atoms with Gasteiger partial charge in [-0.3, -0.25) is 9.59 Å². The summed E-state index contributed by atoms with van der Waals surface area (Å²) in [6.07, 6.45) is 1.55. The van der Waals surface area contributed by atoms with Crippen LogP contribution < -0.4 is 15.6 Å². The summed E-state index contributed by atoms with van der Waals surface area (Å²) in [6, 6.07) is 8.12. The van der Waals surface area contributed by atoms with Crippen molar-refractivity contribution in [3.8, 4) is 5.75 Å².